The average Bonchev–Trinajstić information content (AvgIpc) is 2.28. The molecule has 6 nitrogen and oxygen atoms in total. The molecule has 1 saturated heterocycles. The predicted molar refractivity (Wildman–Crippen MR) is 61.2 cm³/mol. The molecule has 1 fully saturated rings. The molecular weight excluding hydrogens is 224 g/mol. The van der Waals surface area contributed by atoms with Gasteiger partial charge in [0.1, 0.15) is 0 Å². The standard InChI is InChI=1S/C11H20N2O4/c1-7-4-5-13(6-9(7)14)11(17)8(12)2-3-10(15)16/h7-9,14H,2-6,12H2,1H3,(H,15,16). The van der Waals surface area contributed by atoms with Crippen LogP contribution in [0.1, 0.15) is 26.2 Å². The first-order chi connectivity index (χ1) is 7.91. The summed E-state index contributed by atoms with van der Waals surface area (Å²) in [4.78, 5) is 23.8. The molecule has 1 heterocycles. The van der Waals surface area contributed by atoms with Crippen molar-refractivity contribution in [3.05, 3.63) is 0 Å². The monoisotopic (exact) mass is 244 g/mol. The van der Waals surface area contributed by atoms with E-state index in [2.05, 4.69) is 0 Å². The van der Waals surface area contributed by atoms with Gasteiger partial charge in [-0.25, -0.2) is 0 Å². The van der Waals surface area contributed by atoms with E-state index in [0.29, 0.717) is 13.1 Å². The van der Waals surface area contributed by atoms with E-state index in [1.165, 1.54) is 4.90 Å². The van der Waals surface area contributed by atoms with Crippen molar-refractivity contribution < 1.29 is 19.8 Å². The third-order valence-electron chi connectivity index (χ3n) is 3.22. The molecule has 1 aliphatic rings. The number of carbonyl (C=O) groups excluding carboxylic acids is 1. The minimum absolute atomic E-state index is 0.111. The lowest BCUT2D eigenvalue weighted by molar-refractivity contribution is -0.139. The molecule has 0 saturated carbocycles. The number of amides is 1. The Bertz CT molecular complexity index is 295. The lowest BCUT2D eigenvalue weighted by atomic mass is 9.95. The van der Waals surface area contributed by atoms with Gasteiger partial charge in [-0.15, -0.1) is 0 Å². The molecule has 1 rings (SSSR count). The molecule has 98 valence electrons. The normalized spacial score (nSPS) is 26.6. The summed E-state index contributed by atoms with van der Waals surface area (Å²) < 4.78 is 0. The largest absolute Gasteiger partial charge is 0.481 e. The van der Waals surface area contributed by atoms with E-state index < -0.39 is 18.1 Å². The molecule has 0 radical (unpaired) electrons. The molecule has 0 aromatic heterocycles. The number of nitrogens with zero attached hydrogens (tertiary/aromatic N) is 1. The smallest absolute Gasteiger partial charge is 0.303 e. The molecule has 3 atom stereocenters. The predicted octanol–water partition coefficient (Wildman–Crippen LogP) is -0.592. The van der Waals surface area contributed by atoms with Gasteiger partial charge in [-0.05, 0) is 18.8 Å². The Labute approximate surface area is 100 Å². The van der Waals surface area contributed by atoms with E-state index in [0.717, 1.165) is 6.42 Å². The molecule has 0 aliphatic carbocycles. The number of piperidine rings is 1. The van der Waals surface area contributed by atoms with Crippen LogP contribution in [0.4, 0.5) is 0 Å². The maximum atomic E-state index is 11.9. The number of carboxylic acid groups (broad SMARTS) is 1. The summed E-state index contributed by atoms with van der Waals surface area (Å²) in [5.74, 6) is -1.04. The molecule has 1 amide bonds. The third kappa shape index (κ3) is 3.98. The van der Waals surface area contributed by atoms with Gasteiger partial charge in [-0.2, -0.15) is 0 Å². The highest BCUT2D eigenvalue weighted by atomic mass is 16.4. The highest BCUT2D eigenvalue weighted by Gasteiger charge is 2.29. The fourth-order valence-corrected chi connectivity index (χ4v) is 1.89. The van der Waals surface area contributed by atoms with E-state index in [1.807, 2.05) is 6.92 Å². The van der Waals surface area contributed by atoms with Crippen molar-refractivity contribution in [2.45, 2.75) is 38.3 Å². The topological polar surface area (TPSA) is 104 Å². The minimum Gasteiger partial charge on any atom is -0.481 e. The van der Waals surface area contributed by atoms with Gasteiger partial charge in [0, 0.05) is 19.5 Å². The Morgan fingerprint density at radius 1 is 1.53 bits per heavy atom. The lowest BCUT2D eigenvalue weighted by Gasteiger charge is -2.35. The minimum atomic E-state index is -0.958. The summed E-state index contributed by atoms with van der Waals surface area (Å²) in [6.45, 7) is 2.81. The molecule has 4 N–H and O–H groups in total. The van der Waals surface area contributed by atoms with E-state index in [9.17, 15) is 14.7 Å². The van der Waals surface area contributed by atoms with Crippen LogP contribution >= 0.6 is 0 Å². The molecule has 17 heavy (non-hydrogen) atoms. The summed E-state index contributed by atoms with van der Waals surface area (Å²) in [5, 5.41) is 18.2. The summed E-state index contributed by atoms with van der Waals surface area (Å²) in [7, 11) is 0. The maximum absolute atomic E-state index is 11.9. The quantitative estimate of drug-likeness (QED) is 0.613. The zero-order valence-electron chi connectivity index (χ0n) is 10.0. The molecule has 6 heteroatoms. The number of aliphatic carboxylic acids is 1. The molecule has 0 aromatic rings. The molecule has 1 aliphatic heterocycles. The number of likely N-dealkylation sites (tertiary alicyclic amines) is 1. The molecule has 0 bridgehead atoms. The van der Waals surface area contributed by atoms with E-state index in [-0.39, 0.29) is 24.7 Å². The van der Waals surface area contributed by atoms with Gasteiger partial charge in [0.2, 0.25) is 5.91 Å². The van der Waals surface area contributed by atoms with Crippen LogP contribution in [0.3, 0.4) is 0 Å². The Balaban J connectivity index is 2.44. The average molecular weight is 244 g/mol. The van der Waals surface area contributed by atoms with Gasteiger partial charge in [0.15, 0.2) is 0 Å². The van der Waals surface area contributed by atoms with Crippen LogP contribution in [0, 0.1) is 5.92 Å². The Morgan fingerprint density at radius 3 is 2.71 bits per heavy atom. The van der Waals surface area contributed by atoms with Crippen LogP contribution in [0.2, 0.25) is 0 Å². The maximum Gasteiger partial charge on any atom is 0.303 e. The van der Waals surface area contributed by atoms with Crippen LogP contribution in [0.25, 0.3) is 0 Å². The van der Waals surface area contributed by atoms with E-state index >= 15 is 0 Å². The first kappa shape index (κ1) is 13.9. The van der Waals surface area contributed by atoms with Crippen molar-refractivity contribution in [3.8, 4) is 0 Å². The van der Waals surface area contributed by atoms with Gasteiger partial charge >= 0.3 is 5.97 Å². The molecule has 0 aromatic carbocycles. The second kappa shape index (κ2) is 5.97. The zero-order valence-corrected chi connectivity index (χ0v) is 10.0. The molecule has 0 spiro atoms. The van der Waals surface area contributed by atoms with Gasteiger partial charge in [-0.3, -0.25) is 9.59 Å². The van der Waals surface area contributed by atoms with Crippen molar-refractivity contribution in [2.75, 3.05) is 13.1 Å². The second-order valence-corrected chi connectivity index (χ2v) is 4.66. The molecular formula is C11H20N2O4. The van der Waals surface area contributed by atoms with Crippen LogP contribution in [-0.4, -0.2) is 52.2 Å². The number of carboxylic acids is 1. The first-order valence-electron chi connectivity index (χ1n) is 5.86. The SMILES string of the molecule is CC1CCN(C(=O)C(N)CCC(=O)O)CC1O. The Morgan fingerprint density at radius 2 is 2.18 bits per heavy atom. The number of aliphatic hydroxyl groups is 1. The van der Waals surface area contributed by atoms with Crippen LogP contribution in [0.5, 0.6) is 0 Å². The third-order valence-corrected chi connectivity index (χ3v) is 3.22. The van der Waals surface area contributed by atoms with Crippen molar-refractivity contribution in [2.24, 2.45) is 11.7 Å². The Kier molecular flexibility index (Phi) is 4.89. The number of nitrogens with two attached hydrogens (primary N) is 1. The zero-order chi connectivity index (χ0) is 13.0. The van der Waals surface area contributed by atoms with Crippen molar-refractivity contribution in [1.29, 1.82) is 0 Å². The number of aliphatic hydroxyl groups excluding tert-OH is 1. The van der Waals surface area contributed by atoms with Crippen molar-refractivity contribution >= 4 is 11.9 Å². The number of rotatable bonds is 4. The number of hydrogen-bond donors (Lipinski definition) is 3. The van der Waals surface area contributed by atoms with Gasteiger partial charge in [0.25, 0.3) is 0 Å². The van der Waals surface area contributed by atoms with E-state index in [1.54, 1.807) is 0 Å². The number of carbonyl (C=O) groups is 2. The van der Waals surface area contributed by atoms with Crippen LogP contribution in [0.15, 0.2) is 0 Å². The number of hydrogen-bond acceptors (Lipinski definition) is 4. The highest BCUT2D eigenvalue weighted by Crippen LogP contribution is 2.17. The van der Waals surface area contributed by atoms with Crippen molar-refractivity contribution in [3.63, 3.8) is 0 Å². The van der Waals surface area contributed by atoms with Gasteiger partial charge < -0.3 is 20.8 Å². The highest BCUT2D eigenvalue weighted by molar-refractivity contribution is 5.82. The van der Waals surface area contributed by atoms with Crippen molar-refractivity contribution in [1.82, 2.24) is 4.90 Å². The fourth-order valence-electron chi connectivity index (χ4n) is 1.89. The summed E-state index contributed by atoms with van der Waals surface area (Å²) in [5.41, 5.74) is 5.64. The van der Waals surface area contributed by atoms with Crippen LogP contribution < -0.4 is 5.73 Å². The van der Waals surface area contributed by atoms with Gasteiger partial charge in [-0.1, -0.05) is 6.92 Å². The molecule has 3 unspecified atom stereocenters. The van der Waals surface area contributed by atoms with E-state index in [4.69, 9.17) is 10.8 Å². The Hall–Kier alpha value is -1.14. The lowest BCUT2D eigenvalue weighted by Crippen LogP contribution is -2.51. The summed E-state index contributed by atoms with van der Waals surface area (Å²) in [6.07, 6.45) is 0.258. The fraction of sp³-hybridized carbons (Fsp3) is 0.818. The van der Waals surface area contributed by atoms with Gasteiger partial charge in [0.05, 0.1) is 12.1 Å². The summed E-state index contributed by atoms with van der Waals surface area (Å²) in [6, 6.07) is -0.785. The van der Waals surface area contributed by atoms with Crippen LogP contribution in [-0.2, 0) is 9.59 Å². The second-order valence-electron chi connectivity index (χ2n) is 4.66. The first-order valence-corrected chi connectivity index (χ1v) is 5.86. The summed E-state index contributed by atoms with van der Waals surface area (Å²) >= 11 is 0. The number of β-amino-alcohol motifs (C(OH)–C–C–N with tert-alkyl or cyclic N) is 1.